The van der Waals surface area contributed by atoms with Crippen molar-refractivity contribution < 1.29 is 14.3 Å². The molecule has 1 aromatic carbocycles. The first-order chi connectivity index (χ1) is 11.2. The molecule has 3 rings (SSSR count). The Labute approximate surface area is 134 Å². The minimum absolute atomic E-state index is 0.112. The van der Waals surface area contributed by atoms with Gasteiger partial charge in [0.1, 0.15) is 0 Å². The van der Waals surface area contributed by atoms with Gasteiger partial charge in [-0.15, -0.1) is 6.42 Å². The number of aromatic nitrogens is 1. The van der Waals surface area contributed by atoms with Crippen molar-refractivity contribution in [3.8, 4) is 12.3 Å². The molecule has 1 fully saturated rings. The molecule has 1 amide bonds. The Morgan fingerprint density at radius 1 is 1.35 bits per heavy atom. The third-order valence-corrected chi connectivity index (χ3v) is 3.67. The molecule has 5 nitrogen and oxygen atoms in total. The molecule has 0 aliphatic heterocycles. The number of carbonyl (C=O) groups excluding carboxylic acids is 2. The first-order valence-corrected chi connectivity index (χ1v) is 7.46. The number of fused-ring (bicyclic) bond motifs is 1. The van der Waals surface area contributed by atoms with Crippen molar-refractivity contribution in [3.05, 3.63) is 41.6 Å². The van der Waals surface area contributed by atoms with Crippen molar-refractivity contribution in [1.82, 2.24) is 10.3 Å². The molecule has 23 heavy (non-hydrogen) atoms. The van der Waals surface area contributed by atoms with Crippen LogP contribution in [-0.2, 0) is 9.53 Å². The molecule has 0 atom stereocenters. The standard InChI is InChI=1S/C18H16N2O3/c1-2-9-19-17(21)11-23-18(22)14-10-16(12-7-8-12)20-15-6-4-3-5-13(14)15/h1,3-6,10,12H,7-9,11H2,(H,19,21). The van der Waals surface area contributed by atoms with Gasteiger partial charge in [-0.1, -0.05) is 24.1 Å². The topological polar surface area (TPSA) is 68.3 Å². The van der Waals surface area contributed by atoms with Crippen LogP contribution in [0.15, 0.2) is 30.3 Å². The Balaban J connectivity index is 1.82. The Morgan fingerprint density at radius 2 is 2.13 bits per heavy atom. The van der Waals surface area contributed by atoms with E-state index in [-0.39, 0.29) is 13.2 Å². The fourth-order valence-electron chi connectivity index (χ4n) is 2.36. The Bertz CT molecular complexity index is 804. The molecular formula is C18H16N2O3. The first kappa shape index (κ1) is 15.0. The number of hydrogen-bond donors (Lipinski definition) is 1. The normalized spacial score (nSPS) is 13.3. The predicted molar refractivity (Wildman–Crippen MR) is 85.8 cm³/mol. The highest BCUT2D eigenvalue weighted by molar-refractivity contribution is 6.04. The average molecular weight is 308 g/mol. The highest BCUT2D eigenvalue weighted by Gasteiger charge is 2.27. The number of para-hydroxylation sites is 1. The molecule has 0 saturated heterocycles. The lowest BCUT2D eigenvalue weighted by Crippen LogP contribution is -2.29. The van der Waals surface area contributed by atoms with Crippen LogP contribution < -0.4 is 5.32 Å². The molecule has 1 N–H and O–H groups in total. The summed E-state index contributed by atoms with van der Waals surface area (Å²) in [4.78, 5) is 28.5. The quantitative estimate of drug-likeness (QED) is 0.678. The summed E-state index contributed by atoms with van der Waals surface area (Å²) in [6.07, 6.45) is 7.24. The number of rotatable bonds is 5. The molecule has 1 heterocycles. The van der Waals surface area contributed by atoms with Crippen LogP contribution in [0.4, 0.5) is 0 Å². The van der Waals surface area contributed by atoms with Crippen LogP contribution in [0.2, 0.25) is 0 Å². The van der Waals surface area contributed by atoms with Gasteiger partial charge < -0.3 is 10.1 Å². The number of ether oxygens (including phenoxy) is 1. The minimum atomic E-state index is -0.527. The third-order valence-electron chi connectivity index (χ3n) is 3.67. The zero-order valence-corrected chi connectivity index (χ0v) is 12.5. The van der Waals surface area contributed by atoms with Gasteiger partial charge in [-0.3, -0.25) is 9.78 Å². The Kier molecular flexibility index (Phi) is 4.24. The van der Waals surface area contributed by atoms with E-state index < -0.39 is 11.9 Å². The smallest absolute Gasteiger partial charge is 0.339 e. The monoisotopic (exact) mass is 308 g/mol. The fourth-order valence-corrected chi connectivity index (χ4v) is 2.36. The number of nitrogens with zero attached hydrogens (tertiary/aromatic N) is 1. The zero-order valence-electron chi connectivity index (χ0n) is 12.5. The van der Waals surface area contributed by atoms with E-state index in [9.17, 15) is 9.59 Å². The molecule has 0 spiro atoms. The summed E-state index contributed by atoms with van der Waals surface area (Å²) in [5, 5.41) is 3.18. The van der Waals surface area contributed by atoms with E-state index >= 15 is 0 Å². The van der Waals surface area contributed by atoms with Gasteiger partial charge in [-0.25, -0.2) is 4.79 Å². The second kappa shape index (κ2) is 6.49. The van der Waals surface area contributed by atoms with E-state index in [0.29, 0.717) is 11.5 Å². The summed E-state index contributed by atoms with van der Waals surface area (Å²) in [7, 11) is 0. The Morgan fingerprint density at radius 3 is 2.87 bits per heavy atom. The van der Waals surface area contributed by atoms with E-state index in [1.165, 1.54) is 0 Å². The molecule has 0 bridgehead atoms. The Hall–Kier alpha value is -2.87. The van der Waals surface area contributed by atoms with Crippen molar-refractivity contribution in [2.24, 2.45) is 0 Å². The van der Waals surface area contributed by atoms with E-state index in [2.05, 4.69) is 16.2 Å². The van der Waals surface area contributed by atoms with Crippen molar-refractivity contribution in [2.75, 3.05) is 13.2 Å². The predicted octanol–water partition coefficient (Wildman–Crippen LogP) is 2.02. The van der Waals surface area contributed by atoms with Crippen LogP contribution in [0.1, 0.15) is 34.8 Å². The van der Waals surface area contributed by atoms with Gasteiger partial charge >= 0.3 is 5.97 Å². The molecule has 1 aliphatic rings. The molecular weight excluding hydrogens is 292 g/mol. The maximum atomic E-state index is 12.4. The van der Waals surface area contributed by atoms with Gasteiger partial charge in [-0.05, 0) is 25.0 Å². The lowest BCUT2D eigenvalue weighted by Gasteiger charge is -2.09. The van der Waals surface area contributed by atoms with E-state index in [0.717, 1.165) is 29.4 Å². The number of amides is 1. The maximum absolute atomic E-state index is 12.4. The molecule has 2 aromatic rings. The number of carbonyl (C=O) groups is 2. The van der Waals surface area contributed by atoms with Crippen molar-refractivity contribution in [2.45, 2.75) is 18.8 Å². The van der Waals surface area contributed by atoms with Crippen LogP contribution in [0, 0.1) is 12.3 Å². The first-order valence-electron chi connectivity index (χ1n) is 7.46. The molecule has 116 valence electrons. The number of terminal acetylenes is 1. The van der Waals surface area contributed by atoms with Crippen LogP contribution in [-0.4, -0.2) is 30.0 Å². The SMILES string of the molecule is C#CCNC(=O)COC(=O)c1cc(C2CC2)nc2ccccc12. The van der Waals surface area contributed by atoms with Crippen LogP contribution in [0.25, 0.3) is 10.9 Å². The lowest BCUT2D eigenvalue weighted by molar-refractivity contribution is -0.123. The van der Waals surface area contributed by atoms with Gasteiger partial charge in [0, 0.05) is 17.0 Å². The lowest BCUT2D eigenvalue weighted by atomic mass is 10.1. The summed E-state index contributed by atoms with van der Waals surface area (Å²) in [6.45, 7) is -0.240. The number of nitrogens with one attached hydrogen (secondary N) is 1. The molecule has 1 aromatic heterocycles. The van der Waals surface area contributed by atoms with Crippen molar-refractivity contribution >= 4 is 22.8 Å². The number of hydrogen-bond acceptors (Lipinski definition) is 4. The minimum Gasteiger partial charge on any atom is -0.452 e. The molecule has 1 saturated carbocycles. The molecule has 0 unspecified atom stereocenters. The van der Waals surface area contributed by atoms with E-state index in [4.69, 9.17) is 11.2 Å². The highest BCUT2D eigenvalue weighted by Crippen LogP contribution is 2.40. The van der Waals surface area contributed by atoms with Crippen LogP contribution >= 0.6 is 0 Å². The summed E-state index contributed by atoms with van der Waals surface area (Å²) >= 11 is 0. The summed E-state index contributed by atoms with van der Waals surface area (Å²) < 4.78 is 5.10. The second-order valence-electron chi connectivity index (χ2n) is 5.44. The van der Waals surface area contributed by atoms with Gasteiger partial charge in [0.25, 0.3) is 5.91 Å². The number of pyridine rings is 1. The number of esters is 1. The summed E-state index contributed by atoms with van der Waals surface area (Å²) in [5.41, 5.74) is 2.12. The van der Waals surface area contributed by atoms with Gasteiger partial charge in [0.2, 0.25) is 0 Å². The van der Waals surface area contributed by atoms with Gasteiger partial charge in [-0.2, -0.15) is 0 Å². The fraction of sp³-hybridized carbons (Fsp3) is 0.278. The van der Waals surface area contributed by atoms with Crippen LogP contribution in [0.5, 0.6) is 0 Å². The zero-order chi connectivity index (χ0) is 16.2. The summed E-state index contributed by atoms with van der Waals surface area (Å²) in [6, 6.07) is 9.21. The van der Waals surface area contributed by atoms with E-state index in [1.807, 2.05) is 24.3 Å². The van der Waals surface area contributed by atoms with Crippen LogP contribution in [0.3, 0.4) is 0 Å². The van der Waals surface area contributed by atoms with Crippen molar-refractivity contribution in [3.63, 3.8) is 0 Å². The summed E-state index contributed by atoms with van der Waals surface area (Å²) in [5.74, 6) is 1.76. The average Bonchev–Trinajstić information content (AvgIpc) is 3.41. The molecule has 0 radical (unpaired) electrons. The third kappa shape index (κ3) is 3.49. The van der Waals surface area contributed by atoms with Gasteiger partial charge in [0.15, 0.2) is 6.61 Å². The molecule has 5 heteroatoms. The van der Waals surface area contributed by atoms with Crippen molar-refractivity contribution in [1.29, 1.82) is 0 Å². The van der Waals surface area contributed by atoms with Gasteiger partial charge in [0.05, 0.1) is 17.6 Å². The maximum Gasteiger partial charge on any atom is 0.339 e. The number of benzene rings is 1. The molecule has 1 aliphatic carbocycles. The van der Waals surface area contributed by atoms with E-state index in [1.54, 1.807) is 6.07 Å². The largest absolute Gasteiger partial charge is 0.452 e. The highest BCUT2D eigenvalue weighted by atomic mass is 16.5. The second-order valence-corrected chi connectivity index (χ2v) is 5.44.